The number of hydrogen-bond acceptors (Lipinski definition) is 2. The summed E-state index contributed by atoms with van der Waals surface area (Å²) in [5.74, 6) is -1.16. The van der Waals surface area contributed by atoms with Gasteiger partial charge in [-0.15, -0.1) is 0 Å². The number of carboxylic acids is 1. The van der Waals surface area contributed by atoms with E-state index < -0.39 is 17.7 Å². The van der Waals surface area contributed by atoms with Gasteiger partial charge in [0.2, 0.25) is 0 Å². The Morgan fingerprint density at radius 2 is 2.03 bits per heavy atom. The molecule has 3 aromatic rings. The molecule has 1 unspecified atom stereocenters. The van der Waals surface area contributed by atoms with E-state index in [2.05, 4.69) is 4.98 Å². The van der Waals surface area contributed by atoms with E-state index in [0.717, 1.165) is 29.3 Å². The number of benzene rings is 2. The molecule has 1 aliphatic rings. The highest BCUT2D eigenvalue weighted by atomic mass is 19.1. The van der Waals surface area contributed by atoms with Crippen molar-refractivity contribution in [3.63, 3.8) is 0 Å². The number of carbonyl (C=O) groups is 1. The van der Waals surface area contributed by atoms with Crippen LogP contribution in [0.15, 0.2) is 42.6 Å². The zero-order valence-electron chi connectivity index (χ0n) is 16.6. The molecule has 1 saturated carbocycles. The molecule has 0 bridgehead atoms. The molecule has 0 radical (unpaired) electrons. The smallest absolute Gasteiger partial charge is 0.306 e. The number of H-pyrrole nitrogens is 1. The van der Waals surface area contributed by atoms with Gasteiger partial charge in [0.25, 0.3) is 0 Å². The summed E-state index contributed by atoms with van der Waals surface area (Å²) >= 11 is 0. The number of rotatable bonds is 7. The summed E-state index contributed by atoms with van der Waals surface area (Å²) in [6.45, 7) is 2.15. The van der Waals surface area contributed by atoms with Crippen LogP contribution in [0, 0.1) is 17.7 Å². The van der Waals surface area contributed by atoms with Crippen LogP contribution in [-0.4, -0.2) is 22.7 Å². The molecule has 4 nitrogen and oxygen atoms in total. The van der Waals surface area contributed by atoms with E-state index in [-0.39, 0.29) is 12.2 Å². The molecule has 0 saturated heterocycles. The van der Waals surface area contributed by atoms with Gasteiger partial charge in [-0.2, -0.15) is 0 Å². The summed E-state index contributed by atoms with van der Waals surface area (Å²) in [5.41, 5.74) is 3.22. The topological polar surface area (TPSA) is 62.3 Å². The zero-order chi connectivity index (χ0) is 20.4. The van der Waals surface area contributed by atoms with Gasteiger partial charge < -0.3 is 14.8 Å². The van der Waals surface area contributed by atoms with Gasteiger partial charge in [0.05, 0.1) is 12.5 Å². The Bertz CT molecular complexity index is 1020. The molecule has 152 valence electrons. The summed E-state index contributed by atoms with van der Waals surface area (Å²) in [6, 6.07) is 11.2. The number of ether oxygens (including phenoxy) is 1. The number of carboxylic acid groups (broad SMARTS) is 1. The van der Waals surface area contributed by atoms with E-state index in [0.29, 0.717) is 23.7 Å². The van der Waals surface area contributed by atoms with Crippen molar-refractivity contribution in [2.75, 3.05) is 6.61 Å². The van der Waals surface area contributed by atoms with Crippen molar-refractivity contribution in [2.45, 2.75) is 39.0 Å². The first-order chi connectivity index (χ1) is 14.0. The number of fused-ring (bicyclic) bond motifs is 1. The van der Waals surface area contributed by atoms with Gasteiger partial charge in [0.15, 0.2) is 11.6 Å². The Hall–Kier alpha value is -2.82. The van der Waals surface area contributed by atoms with Gasteiger partial charge in [-0.05, 0) is 72.0 Å². The monoisotopic (exact) mass is 395 g/mol. The normalized spacial score (nSPS) is 15.7. The molecule has 2 N–H and O–H groups in total. The van der Waals surface area contributed by atoms with Crippen LogP contribution in [0.1, 0.15) is 38.2 Å². The van der Waals surface area contributed by atoms with Crippen LogP contribution >= 0.6 is 0 Å². The highest BCUT2D eigenvalue weighted by Gasteiger charge is 2.21. The maximum Gasteiger partial charge on any atom is 0.306 e. The van der Waals surface area contributed by atoms with Crippen LogP contribution in [0.2, 0.25) is 0 Å². The quantitative estimate of drug-likeness (QED) is 0.531. The molecular weight excluding hydrogens is 369 g/mol. The van der Waals surface area contributed by atoms with Gasteiger partial charge in [-0.25, -0.2) is 4.39 Å². The molecule has 1 fully saturated rings. The van der Waals surface area contributed by atoms with Crippen molar-refractivity contribution in [3.8, 4) is 16.9 Å². The van der Waals surface area contributed by atoms with Gasteiger partial charge in [0, 0.05) is 17.3 Å². The summed E-state index contributed by atoms with van der Waals surface area (Å²) in [5, 5.41) is 10.3. The maximum atomic E-state index is 15.1. The lowest BCUT2D eigenvalue weighted by Crippen LogP contribution is -2.13. The highest BCUT2D eigenvalue weighted by Crippen LogP contribution is 2.37. The van der Waals surface area contributed by atoms with Crippen molar-refractivity contribution >= 4 is 16.9 Å². The molecule has 0 aliphatic heterocycles. The molecule has 2 aromatic carbocycles. The molecule has 29 heavy (non-hydrogen) atoms. The standard InChI is InChI=1S/C24H26FNO3/c1-15(24(27)28)10-17-11-20(18-6-7-22-19(13-18)8-9-26-22)23(21(25)12-17)29-14-16-4-2-3-5-16/h6-9,11-13,15-16,26H,2-5,10,14H2,1H3,(H,27,28). The fourth-order valence-corrected chi connectivity index (χ4v) is 4.17. The van der Waals surface area contributed by atoms with Crippen LogP contribution in [0.3, 0.4) is 0 Å². The van der Waals surface area contributed by atoms with Crippen LogP contribution in [0.4, 0.5) is 4.39 Å². The zero-order valence-corrected chi connectivity index (χ0v) is 16.6. The Balaban J connectivity index is 1.72. The van der Waals surface area contributed by atoms with Crippen LogP contribution < -0.4 is 4.74 Å². The average molecular weight is 395 g/mol. The van der Waals surface area contributed by atoms with Crippen molar-refractivity contribution < 1.29 is 19.0 Å². The largest absolute Gasteiger partial charge is 0.490 e. The number of aromatic nitrogens is 1. The van der Waals surface area contributed by atoms with Crippen LogP contribution in [-0.2, 0) is 11.2 Å². The van der Waals surface area contributed by atoms with E-state index in [1.807, 2.05) is 36.5 Å². The second kappa shape index (κ2) is 8.27. The Kier molecular flexibility index (Phi) is 5.56. The van der Waals surface area contributed by atoms with E-state index >= 15 is 4.39 Å². The first-order valence-corrected chi connectivity index (χ1v) is 10.3. The van der Waals surface area contributed by atoms with Crippen molar-refractivity contribution in [1.82, 2.24) is 4.98 Å². The van der Waals surface area contributed by atoms with Crippen LogP contribution in [0.25, 0.3) is 22.0 Å². The minimum atomic E-state index is -0.887. The highest BCUT2D eigenvalue weighted by molar-refractivity contribution is 5.86. The van der Waals surface area contributed by atoms with Gasteiger partial charge in [-0.1, -0.05) is 25.8 Å². The fourth-order valence-electron chi connectivity index (χ4n) is 4.17. The SMILES string of the molecule is CC(Cc1cc(F)c(OCC2CCCC2)c(-c2ccc3[nH]ccc3c2)c1)C(=O)O. The number of nitrogens with one attached hydrogen (secondary N) is 1. The molecule has 1 heterocycles. The lowest BCUT2D eigenvalue weighted by Gasteiger charge is -2.18. The van der Waals surface area contributed by atoms with E-state index in [1.165, 1.54) is 18.9 Å². The molecule has 4 rings (SSSR count). The predicted molar refractivity (Wildman–Crippen MR) is 112 cm³/mol. The third-order valence-electron chi connectivity index (χ3n) is 5.87. The van der Waals surface area contributed by atoms with Gasteiger partial charge in [0.1, 0.15) is 0 Å². The summed E-state index contributed by atoms with van der Waals surface area (Å²) in [6.07, 6.45) is 6.81. The molecule has 0 amide bonds. The summed E-state index contributed by atoms with van der Waals surface area (Å²) in [7, 11) is 0. The third-order valence-corrected chi connectivity index (χ3v) is 5.87. The molecule has 1 aliphatic carbocycles. The Labute approximate surface area is 169 Å². The predicted octanol–water partition coefficient (Wildman–Crippen LogP) is 5.81. The average Bonchev–Trinajstić information content (AvgIpc) is 3.37. The Morgan fingerprint density at radius 3 is 2.79 bits per heavy atom. The fraction of sp³-hybridized carbons (Fsp3) is 0.375. The van der Waals surface area contributed by atoms with Gasteiger partial charge >= 0.3 is 5.97 Å². The first-order valence-electron chi connectivity index (χ1n) is 10.3. The van der Waals surface area contributed by atoms with Crippen molar-refractivity contribution in [3.05, 3.63) is 54.0 Å². The lowest BCUT2D eigenvalue weighted by molar-refractivity contribution is -0.141. The minimum Gasteiger partial charge on any atom is -0.490 e. The third kappa shape index (κ3) is 4.29. The first kappa shape index (κ1) is 19.5. The summed E-state index contributed by atoms with van der Waals surface area (Å²) < 4.78 is 21.1. The summed E-state index contributed by atoms with van der Waals surface area (Å²) in [4.78, 5) is 14.4. The molecule has 1 aromatic heterocycles. The molecular formula is C24H26FNO3. The second-order valence-corrected chi connectivity index (χ2v) is 8.14. The van der Waals surface area contributed by atoms with E-state index in [1.54, 1.807) is 6.92 Å². The number of aromatic amines is 1. The molecule has 5 heteroatoms. The second-order valence-electron chi connectivity index (χ2n) is 8.14. The number of hydrogen-bond donors (Lipinski definition) is 2. The number of halogens is 1. The van der Waals surface area contributed by atoms with Crippen molar-refractivity contribution in [1.29, 1.82) is 0 Å². The van der Waals surface area contributed by atoms with E-state index in [4.69, 9.17) is 4.74 Å². The molecule has 1 atom stereocenters. The minimum absolute atomic E-state index is 0.263. The maximum absolute atomic E-state index is 15.1. The van der Waals surface area contributed by atoms with Crippen molar-refractivity contribution in [2.24, 2.45) is 11.8 Å². The van der Waals surface area contributed by atoms with E-state index in [9.17, 15) is 9.90 Å². The van der Waals surface area contributed by atoms with Gasteiger partial charge in [-0.3, -0.25) is 4.79 Å². The van der Waals surface area contributed by atoms with Crippen LogP contribution in [0.5, 0.6) is 5.75 Å². The molecule has 0 spiro atoms. The lowest BCUT2D eigenvalue weighted by atomic mass is 9.95. The Morgan fingerprint density at radius 1 is 1.24 bits per heavy atom. The number of aliphatic carboxylic acids is 1.